The third-order valence-corrected chi connectivity index (χ3v) is 4.37. The van der Waals surface area contributed by atoms with Crippen molar-refractivity contribution in [1.82, 2.24) is 0 Å². The van der Waals surface area contributed by atoms with Crippen LogP contribution in [0.4, 0.5) is 5.69 Å². The number of halogens is 1. The molecule has 2 rings (SSSR count). The molecule has 0 unspecified atom stereocenters. The van der Waals surface area contributed by atoms with Gasteiger partial charge in [-0.15, -0.1) is 0 Å². The van der Waals surface area contributed by atoms with E-state index in [9.17, 15) is 10.1 Å². The molecule has 0 saturated heterocycles. The highest BCUT2D eigenvalue weighted by molar-refractivity contribution is 14.1. The molecule has 0 aliphatic rings. The lowest BCUT2D eigenvalue weighted by Gasteiger charge is -2.13. The normalized spacial score (nSPS) is 10.5. The summed E-state index contributed by atoms with van der Waals surface area (Å²) in [4.78, 5) is 12.5. The average Bonchev–Trinajstić information content (AvgIpc) is 2.65. The summed E-state index contributed by atoms with van der Waals surface area (Å²) in [6, 6.07) is 14.6. The van der Waals surface area contributed by atoms with E-state index < -0.39 is 5.91 Å². The average molecular weight is 487 g/mol. The fraction of sp³-hybridized carbons (Fsp3) is 0.190. The smallest absolute Gasteiger partial charge is 0.266 e. The van der Waals surface area contributed by atoms with Crippen LogP contribution < -0.4 is 14.8 Å². The maximum atomic E-state index is 12.5. The first-order valence-corrected chi connectivity index (χ1v) is 9.52. The predicted molar refractivity (Wildman–Crippen MR) is 115 cm³/mol. The molecule has 142 valence electrons. The first kappa shape index (κ1) is 21.3. The van der Waals surface area contributed by atoms with E-state index in [2.05, 4.69) is 27.9 Å². The number of nitriles is 2. The molecule has 0 aliphatic heterocycles. The third-order valence-electron chi connectivity index (χ3n) is 3.56. The minimum Gasteiger partial charge on any atom is -0.490 e. The molecule has 2 aromatic carbocycles. The van der Waals surface area contributed by atoms with Crippen molar-refractivity contribution in [3.8, 4) is 23.6 Å². The van der Waals surface area contributed by atoms with Gasteiger partial charge in [-0.05, 0) is 77.9 Å². The first-order chi connectivity index (χ1) is 13.5. The quantitative estimate of drug-likeness (QED) is 0.354. The highest BCUT2D eigenvalue weighted by atomic mass is 127. The molecule has 7 heteroatoms. The van der Waals surface area contributed by atoms with Crippen molar-refractivity contribution in [2.45, 2.75) is 13.8 Å². The van der Waals surface area contributed by atoms with Crippen molar-refractivity contribution in [2.75, 3.05) is 18.5 Å². The summed E-state index contributed by atoms with van der Waals surface area (Å²) >= 11 is 2.06. The second-order valence-electron chi connectivity index (χ2n) is 5.70. The van der Waals surface area contributed by atoms with Crippen molar-refractivity contribution < 1.29 is 14.3 Å². The van der Waals surface area contributed by atoms with E-state index in [1.165, 1.54) is 6.08 Å². The van der Waals surface area contributed by atoms with Crippen LogP contribution in [0.25, 0.3) is 6.08 Å². The van der Waals surface area contributed by atoms with Crippen LogP contribution in [0.5, 0.6) is 11.5 Å². The highest BCUT2D eigenvalue weighted by Gasteiger charge is 2.14. The molecule has 1 N–H and O–H groups in total. The van der Waals surface area contributed by atoms with Crippen molar-refractivity contribution in [3.05, 3.63) is 56.7 Å². The lowest BCUT2D eigenvalue weighted by atomic mass is 10.1. The molecule has 0 saturated carbocycles. The summed E-state index contributed by atoms with van der Waals surface area (Å²) < 4.78 is 11.7. The number of hydrogen-bond donors (Lipinski definition) is 1. The standard InChI is InChI=1S/C21H18IN3O3/c1-3-27-19-12-15(11-18(22)20(19)28-8-7-23)10-16(13-24)21(26)25-17-6-4-5-14(2)9-17/h4-6,9-12H,3,8H2,1-2H3,(H,25,26)/b16-10+. The van der Waals surface area contributed by atoms with E-state index >= 15 is 0 Å². The summed E-state index contributed by atoms with van der Waals surface area (Å²) in [5, 5.41) is 20.9. The number of hydrogen-bond acceptors (Lipinski definition) is 5. The molecule has 0 aliphatic carbocycles. The van der Waals surface area contributed by atoms with Crippen molar-refractivity contribution in [3.63, 3.8) is 0 Å². The topological polar surface area (TPSA) is 95.1 Å². The molecule has 0 fully saturated rings. The molecule has 28 heavy (non-hydrogen) atoms. The van der Waals surface area contributed by atoms with Gasteiger partial charge in [-0.1, -0.05) is 12.1 Å². The van der Waals surface area contributed by atoms with E-state index in [4.69, 9.17) is 14.7 Å². The molecule has 6 nitrogen and oxygen atoms in total. The monoisotopic (exact) mass is 487 g/mol. The molecule has 0 aromatic heterocycles. The Balaban J connectivity index is 2.33. The third kappa shape index (κ3) is 5.73. The fourth-order valence-electron chi connectivity index (χ4n) is 2.42. The number of rotatable bonds is 7. The number of nitrogens with zero attached hydrogens (tertiary/aromatic N) is 2. The van der Waals surface area contributed by atoms with Gasteiger partial charge in [0, 0.05) is 5.69 Å². The number of anilines is 1. The van der Waals surface area contributed by atoms with E-state index in [1.807, 2.05) is 44.2 Å². The van der Waals surface area contributed by atoms with Crippen LogP contribution in [0, 0.1) is 33.2 Å². The maximum Gasteiger partial charge on any atom is 0.266 e. The first-order valence-electron chi connectivity index (χ1n) is 8.44. The van der Waals surface area contributed by atoms with Crippen LogP contribution in [-0.4, -0.2) is 19.1 Å². The van der Waals surface area contributed by atoms with Gasteiger partial charge in [0.15, 0.2) is 18.1 Å². The zero-order valence-electron chi connectivity index (χ0n) is 15.5. The summed E-state index contributed by atoms with van der Waals surface area (Å²) in [6.07, 6.45) is 1.49. The Morgan fingerprint density at radius 2 is 2.04 bits per heavy atom. The Labute approximate surface area is 177 Å². The lowest BCUT2D eigenvalue weighted by molar-refractivity contribution is -0.112. The van der Waals surface area contributed by atoms with E-state index in [-0.39, 0.29) is 12.2 Å². The number of aryl methyl sites for hydroxylation is 1. The molecule has 0 spiro atoms. The Hall–Kier alpha value is -3.04. The van der Waals surface area contributed by atoms with E-state index in [0.29, 0.717) is 32.9 Å². The molecule has 0 bridgehead atoms. The Morgan fingerprint density at radius 3 is 2.68 bits per heavy atom. The van der Waals surface area contributed by atoms with E-state index in [0.717, 1.165) is 5.56 Å². The van der Waals surface area contributed by atoms with Crippen molar-refractivity contribution >= 4 is 40.3 Å². The molecule has 0 radical (unpaired) electrons. The van der Waals surface area contributed by atoms with Crippen LogP contribution in [0.3, 0.4) is 0 Å². The summed E-state index contributed by atoms with van der Waals surface area (Å²) in [7, 11) is 0. The van der Waals surface area contributed by atoms with Gasteiger partial charge in [0.05, 0.1) is 10.2 Å². The number of carbonyl (C=O) groups is 1. The number of nitrogens with one attached hydrogen (secondary N) is 1. The van der Waals surface area contributed by atoms with Gasteiger partial charge >= 0.3 is 0 Å². The molecule has 1 amide bonds. The van der Waals surface area contributed by atoms with Crippen LogP contribution in [0.1, 0.15) is 18.1 Å². The van der Waals surface area contributed by atoms with Crippen LogP contribution in [0.15, 0.2) is 42.0 Å². The van der Waals surface area contributed by atoms with Crippen LogP contribution in [-0.2, 0) is 4.79 Å². The Kier molecular flexibility index (Phi) is 7.85. The number of ether oxygens (including phenoxy) is 2. The molecule has 0 heterocycles. The van der Waals surface area contributed by atoms with Crippen molar-refractivity contribution in [2.24, 2.45) is 0 Å². The highest BCUT2D eigenvalue weighted by Crippen LogP contribution is 2.35. The van der Waals surface area contributed by atoms with Gasteiger partial charge in [-0.25, -0.2) is 0 Å². The van der Waals surface area contributed by atoms with Crippen molar-refractivity contribution in [1.29, 1.82) is 10.5 Å². The molecular formula is C21H18IN3O3. The largest absolute Gasteiger partial charge is 0.490 e. The number of amides is 1. The summed E-state index contributed by atoms with van der Waals surface area (Å²) in [5.74, 6) is 0.419. The molecular weight excluding hydrogens is 469 g/mol. The second-order valence-corrected chi connectivity index (χ2v) is 6.87. The predicted octanol–water partition coefficient (Wildman–Crippen LogP) is 4.45. The fourth-order valence-corrected chi connectivity index (χ4v) is 3.20. The van der Waals surface area contributed by atoms with E-state index in [1.54, 1.807) is 18.2 Å². The molecule has 2 aromatic rings. The van der Waals surface area contributed by atoms with Crippen LogP contribution >= 0.6 is 22.6 Å². The zero-order valence-corrected chi connectivity index (χ0v) is 17.6. The second kappa shape index (κ2) is 10.3. The van der Waals surface area contributed by atoms with Gasteiger partial charge in [-0.2, -0.15) is 10.5 Å². The number of carbonyl (C=O) groups excluding carboxylic acids is 1. The van der Waals surface area contributed by atoms with Gasteiger partial charge in [-0.3, -0.25) is 4.79 Å². The van der Waals surface area contributed by atoms with Gasteiger partial charge < -0.3 is 14.8 Å². The molecule has 0 atom stereocenters. The SMILES string of the molecule is CCOc1cc(/C=C(\C#N)C(=O)Nc2cccc(C)c2)cc(I)c1OCC#N. The van der Waals surface area contributed by atoms with Crippen LogP contribution in [0.2, 0.25) is 0 Å². The summed E-state index contributed by atoms with van der Waals surface area (Å²) in [5.41, 5.74) is 2.21. The zero-order chi connectivity index (χ0) is 20.5. The minimum atomic E-state index is -0.495. The van der Waals surface area contributed by atoms with Gasteiger partial charge in [0.2, 0.25) is 0 Å². The van der Waals surface area contributed by atoms with Gasteiger partial charge in [0.1, 0.15) is 17.7 Å². The summed E-state index contributed by atoms with van der Waals surface area (Å²) in [6.45, 7) is 4.06. The minimum absolute atomic E-state index is 0.0366. The lowest BCUT2D eigenvalue weighted by Crippen LogP contribution is -2.13. The Morgan fingerprint density at radius 1 is 1.25 bits per heavy atom. The maximum absolute atomic E-state index is 12.5. The number of benzene rings is 2. The Bertz CT molecular complexity index is 987. The van der Waals surface area contributed by atoms with Gasteiger partial charge in [0.25, 0.3) is 5.91 Å².